The molecule has 0 unspecified atom stereocenters. The van der Waals surface area contributed by atoms with Crippen LogP contribution in [0, 0.1) is 0 Å². The lowest BCUT2D eigenvalue weighted by Gasteiger charge is -2.12. The van der Waals surface area contributed by atoms with E-state index in [1.54, 1.807) is 36.4 Å². The SMILES string of the molecule is CC[C@H](C)c1ccc2oc(-c3ccc(Cl)c(NC(=S)NC(=O)c4cccc(Cl)c4)c3)nc2c1. The Labute approximate surface area is 207 Å². The molecule has 0 aliphatic carbocycles. The number of aromatic nitrogens is 1. The summed E-state index contributed by atoms with van der Waals surface area (Å²) in [6, 6.07) is 18.0. The molecule has 0 bridgehead atoms. The van der Waals surface area contributed by atoms with E-state index in [-0.39, 0.29) is 11.0 Å². The molecule has 1 aromatic heterocycles. The Morgan fingerprint density at radius 1 is 1.12 bits per heavy atom. The van der Waals surface area contributed by atoms with Gasteiger partial charge in [0.2, 0.25) is 5.89 Å². The van der Waals surface area contributed by atoms with Gasteiger partial charge in [0, 0.05) is 16.1 Å². The van der Waals surface area contributed by atoms with Gasteiger partial charge in [-0.1, -0.05) is 49.2 Å². The van der Waals surface area contributed by atoms with Crippen LogP contribution < -0.4 is 10.6 Å². The maximum atomic E-state index is 12.4. The number of rotatable bonds is 5. The first-order valence-electron chi connectivity index (χ1n) is 10.4. The molecule has 0 aliphatic heterocycles. The highest BCUT2D eigenvalue weighted by Gasteiger charge is 2.14. The lowest BCUT2D eigenvalue weighted by molar-refractivity contribution is 0.0977. The van der Waals surface area contributed by atoms with Gasteiger partial charge >= 0.3 is 0 Å². The summed E-state index contributed by atoms with van der Waals surface area (Å²) in [6.45, 7) is 4.35. The highest BCUT2D eigenvalue weighted by Crippen LogP contribution is 2.31. The molecule has 3 aromatic carbocycles. The zero-order valence-electron chi connectivity index (χ0n) is 18.0. The summed E-state index contributed by atoms with van der Waals surface area (Å²) in [4.78, 5) is 17.1. The highest BCUT2D eigenvalue weighted by atomic mass is 35.5. The standard InChI is InChI=1S/C25H21Cl2N3O2S/c1-3-14(2)15-8-10-22-21(12-15)28-24(32-22)17-7-9-19(27)20(13-17)29-25(33)30-23(31)16-5-4-6-18(26)11-16/h4-14H,3H2,1-2H3,(H2,29,30,31,33)/t14-/m0/s1. The van der Waals surface area contributed by atoms with Crippen LogP contribution in [0.5, 0.6) is 0 Å². The minimum atomic E-state index is -0.377. The molecule has 1 atom stereocenters. The molecule has 0 aliphatic rings. The van der Waals surface area contributed by atoms with Gasteiger partial charge in [-0.2, -0.15) is 0 Å². The van der Waals surface area contributed by atoms with Crippen LogP contribution in [0.2, 0.25) is 10.0 Å². The van der Waals surface area contributed by atoms with E-state index in [2.05, 4.69) is 41.6 Å². The number of amides is 1. The fourth-order valence-corrected chi connectivity index (χ4v) is 3.88. The van der Waals surface area contributed by atoms with Crippen LogP contribution >= 0.6 is 35.4 Å². The Morgan fingerprint density at radius 2 is 1.94 bits per heavy atom. The summed E-state index contributed by atoms with van der Waals surface area (Å²) in [7, 11) is 0. The molecular formula is C25H21Cl2N3O2S. The molecule has 4 rings (SSSR count). The van der Waals surface area contributed by atoms with Crippen molar-refractivity contribution in [2.24, 2.45) is 0 Å². The topological polar surface area (TPSA) is 67.2 Å². The first kappa shape index (κ1) is 23.2. The van der Waals surface area contributed by atoms with Crippen molar-refractivity contribution in [3.05, 3.63) is 81.8 Å². The number of benzene rings is 3. The number of thiocarbonyl (C=S) groups is 1. The van der Waals surface area contributed by atoms with Crippen LogP contribution in [0.3, 0.4) is 0 Å². The van der Waals surface area contributed by atoms with E-state index in [9.17, 15) is 4.79 Å². The first-order valence-corrected chi connectivity index (χ1v) is 11.6. The molecule has 1 amide bonds. The fraction of sp³-hybridized carbons (Fsp3) is 0.160. The normalized spacial score (nSPS) is 11.9. The number of nitrogens with one attached hydrogen (secondary N) is 2. The number of oxazole rings is 1. The number of hydrogen-bond donors (Lipinski definition) is 2. The minimum Gasteiger partial charge on any atom is -0.436 e. The van der Waals surface area contributed by atoms with Gasteiger partial charge in [-0.05, 0) is 78.7 Å². The molecule has 0 saturated carbocycles. The average molecular weight is 498 g/mol. The van der Waals surface area contributed by atoms with Crippen LogP contribution in [-0.2, 0) is 0 Å². The quantitative estimate of drug-likeness (QED) is 0.280. The number of nitrogens with zero attached hydrogens (tertiary/aromatic N) is 1. The van der Waals surface area contributed by atoms with Crippen molar-refractivity contribution in [1.29, 1.82) is 0 Å². The molecule has 8 heteroatoms. The number of hydrogen-bond acceptors (Lipinski definition) is 4. The van der Waals surface area contributed by atoms with Crippen LogP contribution in [-0.4, -0.2) is 16.0 Å². The molecule has 4 aromatic rings. The summed E-state index contributed by atoms with van der Waals surface area (Å²) in [5, 5.41) is 6.60. The largest absolute Gasteiger partial charge is 0.436 e. The molecule has 33 heavy (non-hydrogen) atoms. The summed E-state index contributed by atoms with van der Waals surface area (Å²) < 4.78 is 5.96. The van der Waals surface area contributed by atoms with Gasteiger partial charge in [-0.15, -0.1) is 0 Å². The Kier molecular flexibility index (Phi) is 6.98. The monoisotopic (exact) mass is 497 g/mol. The van der Waals surface area contributed by atoms with Crippen molar-refractivity contribution < 1.29 is 9.21 Å². The van der Waals surface area contributed by atoms with Crippen molar-refractivity contribution in [1.82, 2.24) is 10.3 Å². The highest BCUT2D eigenvalue weighted by molar-refractivity contribution is 7.80. The zero-order chi connectivity index (χ0) is 23.5. The van der Waals surface area contributed by atoms with Gasteiger partial charge in [-0.25, -0.2) is 4.98 Å². The number of carbonyl (C=O) groups is 1. The van der Waals surface area contributed by atoms with Crippen LogP contribution in [0.4, 0.5) is 5.69 Å². The molecular weight excluding hydrogens is 477 g/mol. The molecule has 0 radical (unpaired) electrons. The number of anilines is 1. The third-order valence-corrected chi connectivity index (χ3v) is 6.14. The maximum absolute atomic E-state index is 12.4. The third-order valence-electron chi connectivity index (χ3n) is 5.37. The Hall–Kier alpha value is -2.93. The van der Waals surface area contributed by atoms with Crippen LogP contribution in [0.15, 0.2) is 65.1 Å². The average Bonchev–Trinajstić information content (AvgIpc) is 3.23. The molecule has 5 nitrogen and oxygen atoms in total. The van der Waals surface area contributed by atoms with Gasteiger partial charge < -0.3 is 9.73 Å². The second-order valence-electron chi connectivity index (χ2n) is 7.67. The van der Waals surface area contributed by atoms with Crippen molar-refractivity contribution in [2.45, 2.75) is 26.2 Å². The molecule has 0 saturated heterocycles. The second kappa shape index (κ2) is 9.91. The van der Waals surface area contributed by atoms with E-state index < -0.39 is 0 Å². The number of fused-ring (bicyclic) bond motifs is 1. The van der Waals surface area contributed by atoms with Crippen molar-refractivity contribution in [3.63, 3.8) is 0 Å². The predicted octanol–water partition coefficient (Wildman–Crippen LogP) is 7.44. The van der Waals surface area contributed by atoms with Gasteiger partial charge in [0.25, 0.3) is 5.91 Å². The Morgan fingerprint density at radius 3 is 2.70 bits per heavy atom. The van der Waals surface area contributed by atoms with Crippen LogP contribution in [0.1, 0.15) is 42.1 Å². The van der Waals surface area contributed by atoms with Crippen molar-refractivity contribution in [3.8, 4) is 11.5 Å². The van der Waals surface area contributed by atoms with E-state index in [4.69, 9.17) is 39.8 Å². The molecule has 168 valence electrons. The lowest BCUT2D eigenvalue weighted by atomic mass is 9.98. The second-order valence-corrected chi connectivity index (χ2v) is 8.92. The van der Waals surface area contributed by atoms with Crippen molar-refractivity contribution in [2.75, 3.05) is 5.32 Å². The van der Waals surface area contributed by atoms with Gasteiger partial charge in [0.05, 0.1) is 10.7 Å². The fourth-order valence-electron chi connectivity index (χ4n) is 3.32. The zero-order valence-corrected chi connectivity index (χ0v) is 20.3. The molecule has 0 spiro atoms. The van der Waals surface area contributed by atoms with E-state index in [0.717, 1.165) is 17.5 Å². The van der Waals surface area contributed by atoms with E-state index in [1.807, 2.05) is 12.1 Å². The molecule has 2 N–H and O–H groups in total. The maximum Gasteiger partial charge on any atom is 0.257 e. The van der Waals surface area contributed by atoms with Gasteiger partial charge in [0.15, 0.2) is 10.7 Å². The smallest absolute Gasteiger partial charge is 0.257 e. The Bertz CT molecular complexity index is 1350. The summed E-state index contributed by atoms with van der Waals surface area (Å²) in [6.07, 6.45) is 1.05. The Balaban J connectivity index is 1.54. The lowest BCUT2D eigenvalue weighted by Crippen LogP contribution is -2.34. The molecule has 1 heterocycles. The molecule has 0 fully saturated rings. The predicted molar refractivity (Wildman–Crippen MR) is 138 cm³/mol. The summed E-state index contributed by atoms with van der Waals surface area (Å²) >= 11 is 17.6. The van der Waals surface area contributed by atoms with E-state index in [0.29, 0.717) is 38.7 Å². The summed E-state index contributed by atoms with van der Waals surface area (Å²) in [5.74, 6) is 0.544. The van der Waals surface area contributed by atoms with Gasteiger partial charge in [-0.3, -0.25) is 10.1 Å². The number of halogens is 2. The van der Waals surface area contributed by atoms with Crippen molar-refractivity contribution >= 4 is 63.2 Å². The van der Waals surface area contributed by atoms with E-state index >= 15 is 0 Å². The summed E-state index contributed by atoms with van der Waals surface area (Å²) in [5.41, 5.74) is 4.39. The van der Waals surface area contributed by atoms with E-state index in [1.165, 1.54) is 5.56 Å². The minimum absolute atomic E-state index is 0.106. The van der Waals surface area contributed by atoms with Gasteiger partial charge in [0.1, 0.15) is 5.52 Å². The first-order chi connectivity index (χ1) is 15.8. The number of carbonyl (C=O) groups excluding carboxylic acids is 1. The third kappa shape index (κ3) is 5.36. The van der Waals surface area contributed by atoms with Crippen LogP contribution in [0.25, 0.3) is 22.6 Å².